The highest BCUT2D eigenvalue weighted by Crippen LogP contribution is 2.30. The van der Waals surface area contributed by atoms with Crippen LogP contribution in [-0.2, 0) is 0 Å². The van der Waals surface area contributed by atoms with E-state index in [1.165, 1.54) is 11.3 Å². The summed E-state index contributed by atoms with van der Waals surface area (Å²) < 4.78 is 0. The highest BCUT2D eigenvalue weighted by molar-refractivity contribution is 7.17. The number of anilines is 2. The molecule has 0 amide bonds. The second kappa shape index (κ2) is 3.18. The fourth-order valence-corrected chi connectivity index (χ4v) is 2.00. The Hall–Kier alpha value is -1.36. The van der Waals surface area contributed by atoms with Gasteiger partial charge in [-0.2, -0.15) is 0 Å². The van der Waals surface area contributed by atoms with E-state index in [1.54, 1.807) is 6.33 Å². The van der Waals surface area contributed by atoms with Gasteiger partial charge in [-0.3, -0.25) is 0 Å². The molecule has 68 valence electrons. The summed E-state index contributed by atoms with van der Waals surface area (Å²) in [5, 5.41) is 5.98. The second-order valence-electron chi connectivity index (χ2n) is 2.62. The van der Waals surface area contributed by atoms with Crippen LogP contribution in [0.3, 0.4) is 0 Å². The number of hydrogen-bond donors (Lipinski definition) is 2. The molecule has 0 unspecified atom stereocenters. The molecule has 0 aliphatic carbocycles. The number of aromatic nitrogens is 2. The molecule has 2 aromatic heterocycles. The quantitative estimate of drug-likeness (QED) is 0.763. The van der Waals surface area contributed by atoms with Crippen molar-refractivity contribution in [3.05, 3.63) is 11.7 Å². The Kier molecular flexibility index (Phi) is 2.02. The van der Waals surface area contributed by atoms with E-state index in [-0.39, 0.29) is 0 Å². The highest BCUT2D eigenvalue weighted by Gasteiger charge is 2.07. The van der Waals surface area contributed by atoms with Crippen molar-refractivity contribution in [2.45, 2.75) is 6.92 Å². The second-order valence-corrected chi connectivity index (χ2v) is 3.48. The number of nitrogens with one attached hydrogen (secondary N) is 1. The van der Waals surface area contributed by atoms with Crippen molar-refractivity contribution in [1.82, 2.24) is 9.97 Å². The molecule has 5 heteroatoms. The largest absolute Gasteiger partial charge is 0.397 e. The summed E-state index contributed by atoms with van der Waals surface area (Å²) in [6, 6.07) is 0. The summed E-state index contributed by atoms with van der Waals surface area (Å²) in [5.74, 6) is 0.825. The fourth-order valence-electron chi connectivity index (χ4n) is 1.20. The summed E-state index contributed by atoms with van der Waals surface area (Å²) in [6.07, 6.45) is 1.55. The zero-order valence-electron chi connectivity index (χ0n) is 7.24. The van der Waals surface area contributed by atoms with E-state index in [9.17, 15) is 0 Å². The molecule has 0 radical (unpaired) electrons. The van der Waals surface area contributed by atoms with Crippen molar-refractivity contribution in [3.8, 4) is 0 Å². The van der Waals surface area contributed by atoms with Gasteiger partial charge < -0.3 is 11.1 Å². The van der Waals surface area contributed by atoms with E-state index in [4.69, 9.17) is 5.73 Å². The van der Waals surface area contributed by atoms with Crippen molar-refractivity contribution in [3.63, 3.8) is 0 Å². The molecule has 0 fully saturated rings. The minimum Gasteiger partial charge on any atom is -0.397 e. The Morgan fingerprint density at radius 1 is 1.54 bits per heavy atom. The molecule has 0 aromatic carbocycles. The molecular weight excluding hydrogens is 184 g/mol. The van der Waals surface area contributed by atoms with E-state index < -0.39 is 0 Å². The van der Waals surface area contributed by atoms with Crippen molar-refractivity contribution in [1.29, 1.82) is 0 Å². The van der Waals surface area contributed by atoms with E-state index in [2.05, 4.69) is 15.3 Å². The zero-order valence-corrected chi connectivity index (χ0v) is 8.06. The molecule has 0 aliphatic heterocycles. The topological polar surface area (TPSA) is 63.8 Å². The van der Waals surface area contributed by atoms with E-state index >= 15 is 0 Å². The van der Waals surface area contributed by atoms with Gasteiger partial charge in [-0.15, -0.1) is 11.3 Å². The van der Waals surface area contributed by atoms with Crippen LogP contribution in [-0.4, -0.2) is 16.5 Å². The Balaban J connectivity index is 2.65. The normalized spacial score (nSPS) is 10.5. The molecule has 0 aliphatic rings. The van der Waals surface area contributed by atoms with Crippen molar-refractivity contribution < 1.29 is 0 Å². The number of hydrogen-bond acceptors (Lipinski definition) is 5. The maximum atomic E-state index is 5.80. The molecule has 13 heavy (non-hydrogen) atoms. The van der Waals surface area contributed by atoms with Gasteiger partial charge in [0.2, 0.25) is 0 Å². The lowest BCUT2D eigenvalue weighted by molar-refractivity contribution is 1.15. The number of thiophene rings is 1. The van der Waals surface area contributed by atoms with Crippen LogP contribution in [0.1, 0.15) is 6.92 Å². The lowest BCUT2D eigenvalue weighted by atomic mass is 10.3. The Bertz CT molecular complexity index is 423. The van der Waals surface area contributed by atoms with Gasteiger partial charge in [0, 0.05) is 11.9 Å². The number of nitrogens with two attached hydrogens (primary N) is 1. The van der Waals surface area contributed by atoms with Gasteiger partial charge in [-0.25, -0.2) is 9.97 Å². The van der Waals surface area contributed by atoms with E-state index in [1.807, 2.05) is 12.3 Å². The molecule has 0 spiro atoms. The predicted molar refractivity (Wildman–Crippen MR) is 56.0 cm³/mol. The van der Waals surface area contributed by atoms with Crippen LogP contribution < -0.4 is 11.1 Å². The van der Waals surface area contributed by atoms with Gasteiger partial charge in [0.15, 0.2) is 0 Å². The molecule has 0 bridgehead atoms. The first-order valence-electron chi connectivity index (χ1n) is 4.04. The van der Waals surface area contributed by atoms with Crippen LogP contribution in [0.15, 0.2) is 11.7 Å². The lowest BCUT2D eigenvalue weighted by Gasteiger charge is -2.02. The Morgan fingerprint density at radius 3 is 3.15 bits per heavy atom. The smallest absolute Gasteiger partial charge is 0.140 e. The van der Waals surface area contributed by atoms with Gasteiger partial charge in [0.05, 0.1) is 11.1 Å². The number of rotatable bonds is 2. The monoisotopic (exact) mass is 194 g/mol. The third-order valence-electron chi connectivity index (χ3n) is 1.74. The maximum absolute atomic E-state index is 5.80. The highest BCUT2D eigenvalue weighted by atomic mass is 32.1. The van der Waals surface area contributed by atoms with Crippen LogP contribution in [0.5, 0.6) is 0 Å². The summed E-state index contributed by atoms with van der Waals surface area (Å²) in [7, 11) is 0. The number of fused-ring (bicyclic) bond motifs is 1. The van der Waals surface area contributed by atoms with Crippen molar-refractivity contribution >= 4 is 33.1 Å². The first kappa shape index (κ1) is 8.25. The van der Waals surface area contributed by atoms with Gasteiger partial charge in [0.1, 0.15) is 17.0 Å². The lowest BCUT2D eigenvalue weighted by Crippen LogP contribution is -2.00. The van der Waals surface area contributed by atoms with Gasteiger partial charge in [-0.05, 0) is 6.92 Å². The van der Waals surface area contributed by atoms with Crippen LogP contribution in [0.4, 0.5) is 11.5 Å². The van der Waals surface area contributed by atoms with Crippen molar-refractivity contribution in [2.75, 3.05) is 17.6 Å². The summed E-state index contributed by atoms with van der Waals surface area (Å²) >= 11 is 1.54. The van der Waals surface area contributed by atoms with Crippen LogP contribution in [0.25, 0.3) is 10.2 Å². The zero-order chi connectivity index (χ0) is 9.26. The van der Waals surface area contributed by atoms with Gasteiger partial charge in [-0.1, -0.05) is 0 Å². The first-order chi connectivity index (χ1) is 6.33. The first-order valence-corrected chi connectivity index (χ1v) is 4.92. The Morgan fingerprint density at radius 2 is 2.38 bits per heavy atom. The number of nitrogen functional groups attached to an aromatic ring is 1. The third kappa shape index (κ3) is 1.31. The van der Waals surface area contributed by atoms with E-state index in [0.29, 0.717) is 0 Å². The molecule has 2 heterocycles. The summed E-state index contributed by atoms with van der Waals surface area (Å²) in [4.78, 5) is 9.20. The minimum absolute atomic E-state index is 0.747. The maximum Gasteiger partial charge on any atom is 0.140 e. The van der Waals surface area contributed by atoms with Crippen LogP contribution in [0.2, 0.25) is 0 Å². The standard InChI is InChI=1S/C8H10N4S/c1-2-10-7-6-5(9)3-13-8(6)12-4-11-7/h3-4H,2,9H2,1H3,(H,10,11,12). The van der Waals surface area contributed by atoms with Crippen LogP contribution in [0, 0.1) is 0 Å². The molecule has 2 rings (SSSR count). The summed E-state index contributed by atoms with van der Waals surface area (Å²) in [6.45, 7) is 2.86. The van der Waals surface area contributed by atoms with Gasteiger partial charge in [0.25, 0.3) is 0 Å². The minimum atomic E-state index is 0.747. The molecule has 3 N–H and O–H groups in total. The molecular formula is C8H10N4S. The SMILES string of the molecule is CCNc1ncnc2scc(N)c12. The molecule has 0 saturated carbocycles. The van der Waals surface area contributed by atoms with Crippen LogP contribution >= 0.6 is 11.3 Å². The van der Waals surface area contributed by atoms with Crippen molar-refractivity contribution in [2.24, 2.45) is 0 Å². The third-order valence-corrected chi connectivity index (χ3v) is 2.65. The van der Waals surface area contributed by atoms with Gasteiger partial charge >= 0.3 is 0 Å². The molecule has 0 saturated heterocycles. The summed E-state index contributed by atoms with van der Waals surface area (Å²) in [5.41, 5.74) is 6.54. The average Bonchev–Trinajstić information content (AvgIpc) is 2.50. The molecule has 0 atom stereocenters. The fraction of sp³-hybridized carbons (Fsp3) is 0.250. The number of nitrogens with zero attached hydrogens (tertiary/aromatic N) is 2. The molecule has 2 aromatic rings. The predicted octanol–water partition coefficient (Wildman–Crippen LogP) is 1.71. The Labute approximate surface area is 79.8 Å². The molecule has 4 nitrogen and oxygen atoms in total. The average molecular weight is 194 g/mol. The van der Waals surface area contributed by atoms with E-state index in [0.717, 1.165) is 28.3 Å².